The molecular formula is C23H30ClN3O. The van der Waals surface area contributed by atoms with Crippen molar-refractivity contribution < 1.29 is 0 Å². The minimum atomic E-state index is -0.121. The quantitative estimate of drug-likeness (QED) is 0.684. The number of hydrogen-bond donors (Lipinski definition) is 0. The van der Waals surface area contributed by atoms with E-state index in [-0.39, 0.29) is 16.8 Å². The lowest BCUT2D eigenvalue weighted by Crippen LogP contribution is -2.50. The molecule has 0 spiro atoms. The molecule has 2 aliphatic heterocycles. The van der Waals surface area contributed by atoms with E-state index in [9.17, 15) is 4.79 Å². The van der Waals surface area contributed by atoms with E-state index >= 15 is 0 Å². The molecule has 3 aliphatic rings. The molecule has 0 N–H and O–H groups in total. The third-order valence-corrected chi connectivity index (χ3v) is 7.63. The van der Waals surface area contributed by atoms with Crippen LogP contribution in [0.15, 0.2) is 29.1 Å². The molecule has 3 heterocycles. The second kappa shape index (κ2) is 7.79. The number of fused-ring (bicyclic) bond motifs is 3. The molecule has 2 unspecified atom stereocenters. The van der Waals surface area contributed by atoms with E-state index in [1.54, 1.807) is 0 Å². The number of para-hydroxylation sites is 2. The van der Waals surface area contributed by atoms with E-state index in [1.165, 1.54) is 57.8 Å². The molecule has 1 aromatic heterocycles. The lowest BCUT2D eigenvalue weighted by Gasteiger charge is -2.45. The standard InChI is InChI=1S/C23H30ClN3O/c24-22-23(28)27(21-11-7-6-10-20(21)25-22)19-14-17-12-13-18(15-19)26(17)16-8-4-2-1-3-5-9-16/h6-7,10-11,16-19H,1-5,8-9,12-15H2. The Morgan fingerprint density at radius 2 is 1.46 bits per heavy atom. The summed E-state index contributed by atoms with van der Waals surface area (Å²) in [7, 11) is 0. The van der Waals surface area contributed by atoms with Crippen LogP contribution in [0.25, 0.3) is 11.0 Å². The van der Waals surface area contributed by atoms with Gasteiger partial charge in [-0.25, -0.2) is 4.98 Å². The smallest absolute Gasteiger partial charge is 0.288 e. The first-order chi connectivity index (χ1) is 13.7. The van der Waals surface area contributed by atoms with Crippen molar-refractivity contribution in [3.05, 3.63) is 39.8 Å². The molecule has 4 nitrogen and oxygen atoms in total. The third kappa shape index (κ3) is 3.29. The Labute approximate surface area is 171 Å². The molecule has 1 aromatic carbocycles. The zero-order valence-electron chi connectivity index (χ0n) is 16.5. The number of hydrogen-bond acceptors (Lipinski definition) is 3. The van der Waals surface area contributed by atoms with E-state index in [1.807, 2.05) is 28.8 Å². The van der Waals surface area contributed by atoms with E-state index in [0.29, 0.717) is 12.1 Å². The Morgan fingerprint density at radius 3 is 2.18 bits per heavy atom. The van der Waals surface area contributed by atoms with Gasteiger partial charge in [-0.3, -0.25) is 9.69 Å². The van der Waals surface area contributed by atoms with Gasteiger partial charge in [-0.1, -0.05) is 55.8 Å². The summed E-state index contributed by atoms with van der Waals surface area (Å²) in [4.78, 5) is 20.1. The molecule has 0 amide bonds. The third-order valence-electron chi connectivity index (χ3n) is 7.38. The van der Waals surface area contributed by atoms with Gasteiger partial charge in [0.05, 0.1) is 11.0 Å². The predicted molar refractivity (Wildman–Crippen MR) is 114 cm³/mol. The fourth-order valence-electron chi connectivity index (χ4n) is 6.21. The van der Waals surface area contributed by atoms with Crippen molar-refractivity contribution in [2.45, 2.75) is 94.8 Å². The summed E-state index contributed by atoms with van der Waals surface area (Å²) in [5, 5.41) is 0.105. The lowest BCUT2D eigenvalue weighted by atomic mass is 9.89. The minimum absolute atomic E-state index is 0.105. The summed E-state index contributed by atoms with van der Waals surface area (Å²) in [5.74, 6) is 0. The highest BCUT2D eigenvalue weighted by molar-refractivity contribution is 6.29. The Balaban J connectivity index is 1.44. The average Bonchev–Trinajstić information content (AvgIpc) is 2.92. The Kier molecular flexibility index (Phi) is 5.18. The van der Waals surface area contributed by atoms with Gasteiger partial charge in [0.2, 0.25) is 0 Å². The largest absolute Gasteiger partial charge is 0.301 e. The van der Waals surface area contributed by atoms with Crippen LogP contribution in [0.5, 0.6) is 0 Å². The Bertz CT molecular complexity index is 888. The maximum absolute atomic E-state index is 12.9. The lowest BCUT2D eigenvalue weighted by molar-refractivity contribution is 0.0497. The van der Waals surface area contributed by atoms with Gasteiger partial charge >= 0.3 is 0 Å². The van der Waals surface area contributed by atoms with Crippen molar-refractivity contribution in [2.75, 3.05) is 0 Å². The van der Waals surface area contributed by atoms with Crippen LogP contribution in [-0.4, -0.2) is 32.6 Å². The average molecular weight is 400 g/mol. The van der Waals surface area contributed by atoms with Crippen LogP contribution in [-0.2, 0) is 0 Å². The highest BCUT2D eigenvalue weighted by Crippen LogP contribution is 2.44. The summed E-state index contributed by atoms with van der Waals surface area (Å²) in [5.41, 5.74) is 1.63. The number of aromatic nitrogens is 2. The maximum Gasteiger partial charge on any atom is 0.288 e. The highest BCUT2D eigenvalue weighted by atomic mass is 35.5. The van der Waals surface area contributed by atoms with Crippen molar-refractivity contribution in [3.8, 4) is 0 Å². The molecular weight excluding hydrogens is 370 g/mol. The number of halogens is 1. The van der Waals surface area contributed by atoms with Crippen molar-refractivity contribution in [3.63, 3.8) is 0 Å². The Hall–Kier alpha value is -1.39. The number of nitrogens with zero attached hydrogens (tertiary/aromatic N) is 3. The molecule has 5 heteroatoms. The first-order valence-electron chi connectivity index (χ1n) is 11.2. The summed E-state index contributed by atoms with van der Waals surface area (Å²) >= 11 is 6.23. The molecule has 2 saturated heterocycles. The van der Waals surface area contributed by atoms with E-state index in [2.05, 4.69) is 9.88 Å². The van der Waals surface area contributed by atoms with Gasteiger partial charge in [0, 0.05) is 24.2 Å². The molecule has 1 saturated carbocycles. The van der Waals surface area contributed by atoms with Crippen LogP contribution >= 0.6 is 11.6 Å². The summed E-state index contributed by atoms with van der Waals surface area (Å²) in [6, 6.07) is 10.1. The summed E-state index contributed by atoms with van der Waals surface area (Å²) in [6.07, 6.45) is 14.4. The molecule has 5 rings (SSSR count). The van der Waals surface area contributed by atoms with Gasteiger partial charge in [-0.2, -0.15) is 0 Å². The van der Waals surface area contributed by atoms with Crippen molar-refractivity contribution in [2.24, 2.45) is 0 Å². The number of piperidine rings is 1. The van der Waals surface area contributed by atoms with Gasteiger partial charge in [0.1, 0.15) is 0 Å². The molecule has 3 fully saturated rings. The SMILES string of the molecule is O=c1c(Cl)nc2ccccc2n1C1CC2CCC(C1)N2C1CCCCCCC1. The first-order valence-corrected chi connectivity index (χ1v) is 11.5. The molecule has 28 heavy (non-hydrogen) atoms. The predicted octanol–water partition coefficient (Wildman–Crippen LogP) is 5.33. The monoisotopic (exact) mass is 399 g/mol. The molecule has 150 valence electrons. The first kappa shape index (κ1) is 18.6. The molecule has 2 aromatic rings. The van der Waals surface area contributed by atoms with Crippen LogP contribution in [0.2, 0.25) is 5.15 Å². The van der Waals surface area contributed by atoms with E-state index < -0.39 is 0 Å². The molecule has 2 atom stereocenters. The molecule has 0 radical (unpaired) electrons. The molecule has 1 aliphatic carbocycles. The van der Waals surface area contributed by atoms with Crippen molar-refractivity contribution in [1.82, 2.24) is 14.5 Å². The normalized spacial score (nSPS) is 29.7. The van der Waals surface area contributed by atoms with Crippen LogP contribution in [0, 0.1) is 0 Å². The van der Waals surface area contributed by atoms with Crippen molar-refractivity contribution in [1.29, 1.82) is 0 Å². The minimum Gasteiger partial charge on any atom is -0.301 e. The fraction of sp³-hybridized carbons (Fsp3) is 0.652. The second-order valence-electron chi connectivity index (χ2n) is 9.02. The van der Waals surface area contributed by atoms with Gasteiger partial charge in [0.15, 0.2) is 5.15 Å². The topological polar surface area (TPSA) is 38.1 Å². The fourth-order valence-corrected chi connectivity index (χ4v) is 6.39. The van der Waals surface area contributed by atoms with Gasteiger partial charge < -0.3 is 4.57 Å². The van der Waals surface area contributed by atoms with Gasteiger partial charge in [0.25, 0.3) is 5.56 Å². The van der Waals surface area contributed by atoms with E-state index in [0.717, 1.165) is 29.9 Å². The second-order valence-corrected chi connectivity index (χ2v) is 9.38. The highest BCUT2D eigenvalue weighted by Gasteiger charge is 2.44. The van der Waals surface area contributed by atoms with Crippen molar-refractivity contribution >= 4 is 22.6 Å². The summed E-state index contributed by atoms with van der Waals surface area (Å²) in [6.45, 7) is 0. The summed E-state index contributed by atoms with van der Waals surface area (Å²) < 4.78 is 1.96. The van der Waals surface area contributed by atoms with E-state index in [4.69, 9.17) is 11.6 Å². The van der Waals surface area contributed by atoms with Crippen LogP contribution in [0.4, 0.5) is 0 Å². The number of rotatable bonds is 2. The van der Waals surface area contributed by atoms with Crippen LogP contribution < -0.4 is 5.56 Å². The van der Waals surface area contributed by atoms with Gasteiger partial charge in [-0.15, -0.1) is 0 Å². The zero-order valence-corrected chi connectivity index (χ0v) is 17.3. The number of benzene rings is 1. The Morgan fingerprint density at radius 1 is 0.821 bits per heavy atom. The molecule has 2 bridgehead atoms. The zero-order chi connectivity index (χ0) is 19.1. The van der Waals surface area contributed by atoms with Gasteiger partial charge in [-0.05, 0) is 50.7 Å². The van der Waals surface area contributed by atoms with Crippen LogP contribution in [0.1, 0.15) is 76.7 Å². The maximum atomic E-state index is 12.9. The van der Waals surface area contributed by atoms with Crippen LogP contribution in [0.3, 0.4) is 0 Å².